The first kappa shape index (κ1) is 23.5. The molecule has 3 rings (SSSR count). The number of hydrogen-bond acceptors (Lipinski definition) is 5. The molecule has 0 bridgehead atoms. The average Bonchev–Trinajstić information content (AvgIpc) is 3.62. The Morgan fingerprint density at radius 3 is 2.44 bits per heavy atom. The fraction of sp³-hybridized carbons (Fsp3) is 0.400. The number of carboxylic acids is 1. The van der Waals surface area contributed by atoms with Gasteiger partial charge in [-0.1, -0.05) is 49.2 Å². The zero-order chi connectivity index (χ0) is 23.1. The number of ether oxygens (including phenoxy) is 1. The Morgan fingerprint density at radius 1 is 1.09 bits per heavy atom. The molecule has 0 aliphatic heterocycles. The van der Waals surface area contributed by atoms with Gasteiger partial charge in [0.2, 0.25) is 0 Å². The van der Waals surface area contributed by atoms with E-state index in [1.807, 2.05) is 30.3 Å². The summed E-state index contributed by atoms with van der Waals surface area (Å²) in [5, 5.41) is 22.4. The van der Waals surface area contributed by atoms with Gasteiger partial charge < -0.3 is 20.3 Å². The van der Waals surface area contributed by atoms with Crippen LogP contribution in [0.25, 0.3) is 0 Å². The van der Waals surface area contributed by atoms with Crippen molar-refractivity contribution in [2.75, 3.05) is 7.11 Å². The molecule has 170 valence electrons. The van der Waals surface area contributed by atoms with Gasteiger partial charge in [-0.05, 0) is 42.5 Å². The predicted molar refractivity (Wildman–Crippen MR) is 118 cm³/mol. The minimum atomic E-state index is -1.67. The summed E-state index contributed by atoms with van der Waals surface area (Å²) in [6, 6.07) is 15.1. The van der Waals surface area contributed by atoms with Crippen LogP contribution >= 0.6 is 0 Å². The number of ketones is 1. The maximum atomic E-state index is 13.2. The highest BCUT2D eigenvalue weighted by Gasteiger charge is 2.34. The van der Waals surface area contributed by atoms with E-state index in [0.29, 0.717) is 23.7 Å². The zero-order valence-corrected chi connectivity index (χ0v) is 18.1. The molecule has 1 saturated carbocycles. The summed E-state index contributed by atoms with van der Waals surface area (Å²) in [7, 11) is 1.51. The lowest BCUT2D eigenvalue weighted by atomic mass is 9.87. The third-order valence-corrected chi connectivity index (χ3v) is 5.80. The molecule has 7 heteroatoms. The molecule has 1 aliphatic rings. The van der Waals surface area contributed by atoms with Crippen LogP contribution in [0.2, 0.25) is 0 Å². The topological polar surface area (TPSA) is 113 Å². The second kappa shape index (κ2) is 10.9. The van der Waals surface area contributed by atoms with Crippen LogP contribution in [-0.2, 0) is 16.0 Å². The van der Waals surface area contributed by atoms with Crippen molar-refractivity contribution >= 4 is 17.7 Å². The molecule has 1 amide bonds. The Kier molecular flexibility index (Phi) is 8.00. The first-order chi connectivity index (χ1) is 15.4. The number of benzene rings is 2. The van der Waals surface area contributed by atoms with Gasteiger partial charge in [-0.25, -0.2) is 4.79 Å². The smallest absolute Gasteiger partial charge is 0.332 e. The van der Waals surface area contributed by atoms with Crippen molar-refractivity contribution < 1.29 is 29.3 Å². The lowest BCUT2D eigenvalue weighted by molar-refractivity contribution is -0.150. The molecule has 0 spiro atoms. The molecule has 0 heterocycles. The molecule has 32 heavy (non-hydrogen) atoms. The molecule has 1 aliphatic carbocycles. The van der Waals surface area contributed by atoms with Crippen LogP contribution in [0.3, 0.4) is 0 Å². The number of Topliss-reactive ketones (excluding diaryl/α,β-unsaturated/α-hetero) is 1. The average molecular weight is 440 g/mol. The molecule has 0 radical (unpaired) electrons. The molecule has 3 N–H and O–H groups in total. The van der Waals surface area contributed by atoms with Gasteiger partial charge in [0.15, 0.2) is 11.9 Å². The maximum absolute atomic E-state index is 13.2. The van der Waals surface area contributed by atoms with Gasteiger partial charge in [-0.15, -0.1) is 0 Å². The minimum Gasteiger partial charge on any atom is -0.497 e. The third kappa shape index (κ3) is 6.65. The number of hydrogen-bond donors (Lipinski definition) is 3. The summed E-state index contributed by atoms with van der Waals surface area (Å²) >= 11 is 0. The van der Waals surface area contributed by atoms with E-state index in [-0.39, 0.29) is 24.5 Å². The van der Waals surface area contributed by atoms with E-state index in [1.54, 1.807) is 24.3 Å². The van der Waals surface area contributed by atoms with Gasteiger partial charge in [0.1, 0.15) is 5.75 Å². The normalized spacial score (nSPS) is 15.9. The Morgan fingerprint density at radius 2 is 1.81 bits per heavy atom. The van der Waals surface area contributed by atoms with Crippen LogP contribution in [0.5, 0.6) is 5.75 Å². The highest BCUT2D eigenvalue weighted by molar-refractivity contribution is 5.98. The number of methoxy groups -OCH3 is 1. The van der Waals surface area contributed by atoms with Crippen molar-refractivity contribution in [2.45, 2.75) is 44.2 Å². The van der Waals surface area contributed by atoms with Crippen molar-refractivity contribution in [3.63, 3.8) is 0 Å². The molecule has 2 aromatic carbocycles. The second-order valence-electron chi connectivity index (χ2n) is 8.34. The van der Waals surface area contributed by atoms with E-state index in [4.69, 9.17) is 4.74 Å². The summed E-state index contributed by atoms with van der Waals surface area (Å²) in [6.07, 6.45) is 0.955. The summed E-state index contributed by atoms with van der Waals surface area (Å²) in [5.41, 5.74) is 1.22. The number of carbonyl (C=O) groups excluding carboxylic acids is 2. The SMILES string of the molecule is COc1cccc(C(=O)N[C@@H](CC2CC2)C(=O)CC(Cc2ccccc2)C(O)C(=O)O)c1. The monoisotopic (exact) mass is 439 g/mol. The molecular weight excluding hydrogens is 410 g/mol. The van der Waals surface area contributed by atoms with Crippen molar-refractivity contribution in [1.29, 1.82) is 0 Å². The first-order valence-electron chi connectivity index (χ1n) is 10.8. The number of aliphatic hydroxyl groups is 1. The number of aliphatic hydroxyl groups excluding tert-OH is 1. The third-order valence-electron chi connectivity index (χ3n) is 5.80. The Bertz CT molecular complexity index is 940. The Hall–Kier alpha value is -3.19. The number of carbonyl (C=O) groups is 3. The Balaban J connectivity index is 1.73. The van der Waals surface area contributed by atoms with Crippen molar-refractivity contribution in [1.82, 2.24) is 5.32 Å². The van der Waals surface area contributed by atoms with Crippen molar-refractivity contribution in [3.05, 3.63) is 65.7 Å². The fourth-order valence-corrected chi connectivity index (χ4v) is 3.78. The molecule has 2 unspecified atom stereocenters. The zero-order valence-electron chi connectivity index (χ0n) is 18.1. The van der Waals surface area contributed by atoms with E-state index in [1.165, 1.54) is 7.11 Å². The molecule has 0 saturated heterocycles. The summed E-state index contributed by atoms with van der Waals surface area (Å²) in [5.74, 6) is -1.91. The quantitative estimate of drug-likeness (QED) is 0.469. The largest absolute Gasteiger partial charge is 0.497 e. The number of rotatable bonds is 12. The maximum Gasteiger partial charge on any atom is 0.332 e. The van der Waals surface area contributed by atoms with Gasteiger partial charge in [0, 0.05) is 17.9 Å². The fourth-order valence-electron chi connectivity index (χ4n) is 3.78. The molecule has 7 nitrogen and oxygen atoms in total. The van der Waals surface area contributed by atoms with Crippen LogP contribution < -0.4 is 10.1 Å². The predicted octanol–water partition coefficient (Wildman–Crippen LogP) is 2.86. The lowest BCUT2D eigenvalue weighted by Gasteiger charge is -2.23. The van der Waals surface area contributed by atoms with E-state index >= 15 is 0 Å². The van der Waals surface area contributed by atoms with Crippen LogP contribution in [0.1, 0.15) is 41.6 Å². The van der Waals surface area contributed by atoms with Gasteiger partial charge in [-0.3, -0.25) is 9.59 Å². The van der Waals surface area contributed by atoms with Gasteiger partial charge in [-0.2, -0.15) is 0 Å². The first-order valence-corrected chi connectivity index (χ1v) is 10.8. The summed E-state index contributed by atoms with van der Waals surface area (Å²) in [6.45, 7) is 0. The number of carboxylic acid groups (broad SMARTS) is 1. The number of nitrogens with one attached hydrogen (secondary N) is 1. The second-order valence-corrected chi connectivity index (χ2v) is 8.34. The minimum absolute atomic E-state index is 0.141. The van der Waals surface area contributed by atoms with Gasteiger partial charge in [0.25, 0.3) is 5.91 Å². The molecule has 1 fully saturated rings. The van der Waals surface area contributed by atoms with Crippen LogP contribution in [0.15, 0.2) is 54.6 Å². The molecular formula is C25H29NO6. The number of aliphatic carboxylic acids is 1. The van der Waals surface area contributed by atoms with Crippen LogP contribution in [0.4, 0.5) is 0 Å². The molecule has 3 atom stereocenters. The lowest BCUT2D eigenvalue weighted by Crippen LogP contribution is -2.43. The van der Waals surface area contributed by atoms with Crippen molar-refractivity contribution in [2.24, 2.45) is 11.8 Å². The molecule has 2 aromatic rings. The number of amides is 1. The van der Waals surface area contributed by atoms with Gasteiger partial charge in [0.05, 0.1) is 13.2 Å². The summed E-state index contributed by atoms with van der Waals surface area (Å²) in [4.78, 5) is 37.4. The van der Waals surface area contributed by atoms with Crippen LogP contribution in [0, 0.1) is 11.8 Å². The van der Waals surface area contributed by atoms with Crippen LogP contribution in [-0.4, -0.2) is 47.1 Å². The summed E-state index contributed by atoms with van der Waals surface area (Å²) < 4.78 is 5.16. The van der Waals surface area contributed by atoms with E-state index in [2.05, 4.69) is 5.32 Å². The van der Waals surface area contributed by atoms with E-state index in [9.17, 15) is 24.6 Å². The molecule has 0 aromatic heterocycles. The van der Waals surface area contributed by atoms with E-state index < -0.39 is 24.0 Å². The highest BCUT2D eigenvalue weighted by atomic mass is 16.5. The van der Waals surface area contributed by atoms with Crippen molar-refractivity contribution in [3.8, 4) is 5.75 Å². The standard InChI is InChI=1S/C25H29NO6/c1-32-20-9-5-8-18(14-20)24(29)26-21(13-17-10-11-17)22(27)15-19(23(28)25(30)31)12-16-6-3-2-4-7-16/h2-9,14,17,19,21,23,28H,10-13,15H2,1H3,(H,26,29)(H,30,31)/t19?,21-,23?/m0/s1. The van der Waals surface area contributed by atoms with Gasteiger partial charge >= 0.3 is 5.97 Å². The van der Waals surface area contributed by atoms with E-state index in [0.717, 1.165) is 18.4 Å². The highest BCUT2D eigenvalue weighted by Crippen LogP contribution is 2.34. The Labute approximate surface area is 187 Å².